The average Bonchev–Trinajstić information content (AvgIpc) is 2.69. The number of likely N-dealkylation sites (tertiary alicyclic amines) is 1. The van der Waals surface area contributed by atoms with Crippen LogP contribution in [-0.4, -0.2) is 48.2 Å². The molecule has 1 saturated heterocycles. The highest BCUT2D eigenvalue weighted by Gasteiger charge is 2.34. The molecule has 2 rings (SSSR count). The number of hydrogen-bond donors (Lipinski definition) is 2. The predicted octanol–water partition coefficient (Wildman–Crippen LogP) is 1.19. The van der Waals surface area contributed by atoms with E-state index in [4.69, 9.17) is 0 Å². The Kier molecular flexibility index (Phi) is 5.30. The largest absolute Gasteiger partial charge is 0.388 e. The van der Waals surface area contributed by atoms with Gasteiger partial charge in [0.25, 0.3) is 0 Å². The summed E-state index contributed by atoms with van der Waals surface area (Å²) >= 11 is 0. The van der Waals surface area contributed by atoms with Gasteiger partial charge in [-0.1, -0.05) is 0 Å². The topological polar surface area (TPSA) is 47.9 Å². The quantitative estimate of drug-likeness (QED) is 0.451. The minimum Gasteiger partial charge on any atom is -0.388 e. The highest BCUT2D eigenvalue weighted by atomic mass is 127. The number of nitrogens with one attached hydrogen (secondary N) is 1. The van der Waals surface area contributed by atoms with E-state index in [-0.39, 0.29) is 24.0 Å². The van der Waals surface area contributed by atoms with Crippen LogP contribution in [0, 0.1) is 0 Å². The molecule has 2 aliphatic rings. The monoisotopic (exact) mass is 339 g/mol. The number of aliphatic hydroxyl groups is 1. The Morgan fingerprint density at radius 3 is 2.38 bits per heavy atom. The molecule has 0 atom stereocenters. The Morgan fingerprint density at radius 2 is 1.94 bits per heavy atom. The Bertz CT molecular complexity index is 248. The molecule has 0 radical (unpaired) electrons. The molecule has 4 nitrogen and oxygen atoms in total. The average molecular weight is 339 g/mol. The summed E-state index contributed by atoms with van der Waals surface area (Å²) in [6, 6.07) is 0. The van der Waals surface area contributed by atoms with Crippen molar-refractivity contribution in [3.8, 4) is 0 Å². The van der Waals surface area contributed by atoms with Crippen molar-refractivity contribution in [3.63, 3.8) is 0 Å². The second-order valence-electron chi connectivity index (χ2n) is 4.67. The van der Waals surface area contributed by atoms with Crippen molar-refractivity contribution in [3.05, 3.63) is 0 Å². The van der Waals surface area contributed by atoms with Crippen molar-refractivity contribution < 1.29 is 5.11 Å². The Balaban J connectivity index is 0.00000128. The van der Waals surface area contributed by atoms with E-state index in [0.717, 1.165) is 38.3 Å². The van der Waals surface area contributed by atoms with Crippen LogP contribution in [0.3, 0.4) is 0 Å². The van der Waals surface area contributed by atoms with Crippen LogP contribution in [0.1, 0.15) is 32.1 Å². The Hall–Kier alpha value is -0.0400. The SMILES string of the molecule is CN=C(NCC1(O)CCC1)N1CCCC1.I. The van der Waals surface area contributed by atoms with Gasteiger partial charge in [-0.3, -0.25) is 4.99 Å². The van der Waals surface area contributed by atoms with E-state index in [1.807, 2.05) is 7.05 Å². The van der Waals surface area contributed by atoms with Crippen LogP contribution in [0.4, 0.5) is 0 Å². The van der Waals surface area contributed by atoms with Gasteiger partial charge in [0.1, 0.15) is 0 Å². The lowest BCUT2D eigenvalue weighted by Gasteiger charge is -2.37. The van der Waals surface area contributed by atoms with Crippen LogP contribution in [0.25, 0.3) is 0 Å². The summed E-state index contributed by atoms with van der Waals surface area (Å²) in [7, 11) is 1.81. The molecule has 5 heteroatoms. The molecular formula is C11H22IN3O. The van der Waals surface area contributed by atoms with Gasteiger partial charge < -0.3 is 15.3 Å². The van der Waals surface area contributed by atoms with E-state index in [0.29, 0.717) is 6.54 Å². The molecule has 1 aliphatic carbocycles. The molecule has 94 valence electrons. The van der Waals surface area contributed by atoms with Crippen molar-refractivity contribution in [2.75, 3.05) is 26.7 Å². The summed E-state index contributed by atoms with van der Waals surface area (Å²) in [5, 5.41) is 13.2. The molecule has 0 amide bonds. The van der Waals surface area contributed by atoms with Crippen molar-refractivity contribution in [2.24, 2.45) is 4.99 Å². The van der Waals surface area contributed by atoms with Gasteiger partial charge in [-0.2, -0.15) is 0 Å². The third-order valence-corrected chi connectivity index (χ3v) is 3.48. The van der Waals surface area contributed by atoms with E-state index in [1.165, 1.54) is 12.8 Å². The van der Waals surface area contributed by atoms with Crippen LogP contribution in [0.15, 0.2) is 4.99 Å². The lowest BCUT2D eigenvalue weighted by atomic mass is 9.80. The smallest absolute Gasteiger partial charge is 0.193 e. The second kappa shape index (κ2) is 6.05. The summed E-state index contributed by atoms with van der Waals surface area (Å²) in [6.45, 7) is 2.84. The molecule has 0 unspecified atom stereocenters. The van der Waals surface area contributed by atoms with E-state index in [2.05, 4.69) is 15.2 Å². The first-order valence-corrected chi connectivity index (χ1v) is 5.91. The summed E-state index contributed by atoms with van der Waals surface area (Å²) in [5.74, 6) is 0.952. The highest BCUT2D eigenvalue weighted by Crippen LogP contribution is 2.30. The van der Waals surface area contributed by atoms with Gasteiger partial charge in [-0.25, -0.2) is 0 Å². The van der Waals surface area contributed by atoms with Crippen LogP contribution < -0.4 is 5.32 Å². The number of guanidine groups is 1. The molecule has 0 aromatic heterocycles. The van der Waals surface area contributed by atoms with Gasteiger partial charge in [0, 0.05) is 26.7 Å². The van der Waals surface area contributed by atoms with E-state index >= 15 is 0 Å². The standard InChI is InChI=1S/C11H21N3O.HI/c1-12-10(14-7-2-3-8-14)13-9-11(15)5-4-6-11;/h15H,2-9H2,1H3,(H,12,13);1H. The first kappa shape index (κ1) is 14.0. The van der Waals surface area contributed by atoms with E-state index in [9.17, 15) is 5.11 Å². The van der Waals surface area contributed by atoms with Gasteiger partial charge in [0.05, 0.1) is 5.60 Å². The summed E-state index contributed by atoms with van der Waals surface area (Å²) in [4.78, 5) is 6.52. The third-order valence-electron chi connectivity index (χ3n) is 3.48. The molecule has 0 bridgehead atoms. The van der Waals surface area contributed by atoms with Gasteiger partial charge in [0.2, 0.25) is 0 Å². The third kappa shape index (κ3) is 3.23. The molecule has 2 N–H and O–H groups in total. The van der Waals surface area contributed by atoms with E-state index in [1.54, 1.807) is 0 Å². The summed E-state index contributed by atoms with van der Waals surface area (Å²) < 4.78 is 0. The second-order valence-corrected chi connectivity index (χ2v) is 4.67. The number of hydrogen-bond acceptors (Lipinski definition) is 2. The zero-order chi connectivity index (χ0) is 10.7. The maximum Gasteiger partial charge on any atom is 0.193 e. The number of halogens is 1. The lowest BCUT2D eigenvalue weighted by Crippen LogP contribution is -2.51. The van der Waals surface area contributed by atoms with Crippen LogP contribution in [0.5, 0.6) is 0 Å². The van der Waals surface area contributed by atoms with Gasteiger partial charge in [-0.05, 0) is 32.1 Å². The lowest BCUT2D eigenvalue weighted by molar-refractivity contribution is -0.0282. The fourth-order valence-electron chi connectivity index (χ4n) is 2.27. The molecule has 0 spiro atoms. The summed E-state index contributed by atoms with van der Waals surface area (Å²) in [6.07, 6.45) is 5.52. The first-order valence-electron chi connectivity index (χ1n) is 5.91. The molecule has 16 heavy (non-hydrogen) atoms. The Labute approximate surface area is 115 Å². The van der Waals surface area contributed by atoms with Crippen molar-refractivity contribution >= 4 is 29.9 Å². The predicted molar refractivity (Wildman–Crippen MR) is 76.4 cm³/mol. The zero-order valence-corrected chi connectivity index (χ0v) is 12.2. The maximum absolute atomic E-state index is 9.96. The highest BCUT2D eigenvalue weighted by molar-refractivity contribution is 14.0. The van der Waals surface area contributed by atoms with Crippen LogP contribution >= 0.6 is 24.0 Å². The Morgan fingerprint density at radius 1 is 1.31 bits per heavy atom. The van der Waals surface area contributed by atoms with Gasteiger partial charge >= 0.3 is 0 Å². The molecular weight excluding hydrogens is 317 g/mol. The normalized spacial score (nSPS) is 23.6. The molecule has 0 aromatic carbocycles. The molecule has 1 aliphatic heterocycles. The van der Waals surface area contributed by atoms with Crippen LogP contribution in [0.2, 0.25) is 0 Å². The number of nitrogens with zero attached hydrogens (tertiary/aromatic N) is 2. The van der Waals surface area contributed by atoms with Crippen molar-refractivity contribution in [2.45, 2.75) is 37.7 Å². The van der Waals surface area contributed by atoms with Crippen molar-refractivity contribution in [1.82, 2.24) is 10.2 Å². The fourth-order valence-corrected chi connectivity index (χ4v) is 2.27. The molecule has 0 aromatic rings. The molecule has 1 heterocycles. The summed E-state index contributed by atoms with van der Waals surface area (Å²) in [5.41, 5.74) is -0.463. The molecule has 2 fully saturated rings. The zero-order valence-electron chi connectivity index (χ0n) is 9.91. The van der Waals surface area contributed by atoms with Gasteiger partial charge in [0.15, 0.2) is 5.96 Å². The minimum absolute atomic E-state index is 0. The minimum atomic E-state index is -0.463. The fraction of sp³-hybridized carbons (Fsp3) is 0.909. The van der Waals surface area contributed by atoms with Crippen molar-refractivity contribution in [1.29, 1.82) is 0 Å². The van der Waals surface area contributed by atoms with Gasteiger partial charge in [-0.15, -0.1) is 24.0 Å². The van der Waals surface area contributed by atoms with Crippen LogP contribution in [-0.2, 0) is 0 Å². The van der Waals surface area contributed by atoms with E-state index < -0.39 is 5.60 Å². The molecule has 1 saturated carbocycles. The first-order chi connectivity index (χ1) is 7.23. The number of rotatable bonds is 2. The number of aliphatic imine (C=N–C) groups is 1. The maximum atomic E-state index is 9.96.